The van der Waals surface area contributed by atoms with E-state index in [1.807, 2.05) is 36.2 Å². The van der Waals surface area contributed by atoms with E-state index in [9.17, 15) is 4.79 Å². The average molecular weight is 378 g/mol. The monoisotopic (exact) mass is 376 g/mol. The highest BCUT2D eigenvalue weighted by Gasteiger charge is 2.23. The number of rotatable bonds is 5. The summed E-state index contributed by atoms with van der Waals surface area (Å²) in [4.78, 5) is 14.1. The molecule has 1 aliphatic rings. The molecule has 1 aliphatic heterocycles. The van der Waals surface area contributed by atoms with Crippen molar-refractivity contribution < 1.29 is 9.53 Å². The zero-order valence-corrected chi connectivity index (χ0v) is 14.6. The van der Waals surface area contributed by atoms with Gasteiger partial charge in [0.25, 0.3) is 5.91 Å². The molecule has 2 rings (SSSR count). The minimum absolute atomic E-state index is 0. The smallest absolute Gasteiger partial charge is 0.260 e. The summed E-state index contributed by atoms with van der Waals surface area (Å²) < 4.78 is 6.51. The van der Waals surface area contributed by atoms with Gasteiger partial charge in [0.1, 0.15) is 5.75 Å². The summed E-state index contributed by atoms with van der Waals surface area (Å²) in [6.45, 7) is 2.77. The first-order valence-corrected chi connectivity index (χ1v) is 7.79. The molecule has 1 aromatic rings. The standard InChI is InChI=1S/C15H21BrN2O2.ClH/c1-17-9-12-4-3-7-18(10-12)15(19)11-20-14-6-2-5-13(16)8-14;/h2,5-6,8,12,17H,3-4,7,9-11H2,1H3;1H. The van der Waals surface area contributed by atoms with E-state index in [2.05, 4.69) is 21.2 Å². The Labute approximate surface area is 140 Å². The zero-order chi connectivity index (χ0) is 14.4. The highest BCUT2D eigenvalue weighted by molar-refractivity contribution is 9.10. The number of amides is 1. The quantitative estimate of drug-likeness (QED) is 0.858. The van der Waals surface area contributed by atoms with E-state index in [-0.39, 0.29) is 24.9 Å². The Bertz CT molecular complexity index is 457. The van der Waals surface area contributed by atoms with Crippen molar-refractivity contribution >= 4 is 34.2 Å². The van der Waals surface area contributed by atoms with Gasteiger partial charge in [0.2, 0.25) is 0 Å². The van der Waals surface area contributed by atoms with Gasteiger partial charge in [-0.3, -0.25) is 4.79 Å². The summed E-state index contributed by atoms with van der Waals surface area (Å²) in [5.41, 5.74) is 0. The summed E-state index contributed by atoms with van der Waals surface area (Å²) >= 11 is 3.39. The third kappa shape index (κ3) is 5.85. The van der Waals surface area contributed by atoms with E-state index in [0.29, 0.717) is 5.92 Å². The molecule has 21 heavy (non-hydrogen) atoms. The van der Waals surface area contributed by atoms with Crippen molar-refractivity contribution in [1.29, 1.82) is 0 Å². The van der Waals surface area contributed by atoms with Crippen LogP contribution in [0.1, 0.15) is 12.8 Å². The molecular formula is C15H22BrClN2O2. The Kier molecular flexibility index (Phi) is 8.07. The molecule has 1 aromatic carbocycles. The van der Waals surface area contributed by atoms with Crippen molar-refractivity contribution in [3.63, 3.8) is 0 Å². The minimum Gasteiger partial charge on any atom is -0.484 e. The van der Waals surface area contributed by atoms with Crippen LogP contribution in [0.25, 0.3) is 0 Å². The first-order valence-electron chi connectivity index (χ1n) is 7.00. The van der Waals surface area contributed by atoms with Gasteiger partial charge in [-0.25, -0.2) is 0 Å². The molecule has 1 heterocycles. The van der Waals surface area contributed by atoms with Gasteiger partial charge in [0.05, 0.1) is 0 Å². The Morgan fingerprint density at radius 2 is 2.33 bits per heavy atom. The molecule has 4 nitrogen and oxygen atoms in total. The molecule has 1 atom stereocenters. The largest absolute Gasteiger partial charge is 0.484 e. The molecule has 118 valence electrons. The number of piperidine rings is 1. The van der Waals surface area contributed by atoms with E-state index >= 15 is 0 Å². The number of ether oxygens (including phenoxy) is 1. The zero-order valence-electron chi connectivity index (χ0n) is 12.2. The molecule has 1 unspecified atom stereocenters. The second-order valence-electron chi connectivity index (χ2n) is 5.15. The number of halogens is 2. The second kappa shape index (κ2) is 9.28. The molecule has 6 heteroatoms. The second-order valence-corrected chi connectivity index (χ2v) is 6.07. The summed E-state index contributed by atoms with van der Waals surface area (Å²) in [7, 11) is 1.96. The maximum absolute atomic E-state index is 12.2. The van der Waals surface area contributed by atoms with E-state index in [4.69, 9.17) is 4.74 Å². The van der Waals surface area contributed by atoms with Gasteiger partial charge in [-0.1, -0.05) is 22.0 Å². The van der Waals surface area contributed by atoms with E-state index in [1.165, 1.54) is 6.42 Å². The molecule has 0 aromatic heterocycles. The first-order chi connectivity index (χ1) is 9.69. The molecule has 0 aliphatic carbocycles. The number of hydrogen-bond acceptors (Lipinski definition) is 3. The van der Waals surface area contributed by atoms with Gasteiger partial charge in [0.15, 0.2) is 6.61 Å². The van der Waals surface area contributed by atoms with Gasteiger partial charge in [-0.2, -0.15) is 0 Å². The molecule has 1 N–H and O–H groups in total. The van der Waals surface area contributed by atoms with Crippen molar-refractivity contribution in [2.75, 3.05) is 33.3 Å². The lowest BCUT2D eigenvalue weighted by Crippen LogP contribution is -2.44. The molecule has 0 bridgehead atoms. The van der Waals surface area contributed by atoms with Gasteiger partial charge < -0.3 is 15.0 Å². The Balaban J connectivity index is 0.00000220. The van der Waals surface area contributed by atoms with Crippen LogP contribution in [0, 0.1) is 5.92 Å². The van der Waals surface area contributed by atoms with Gasteiger partial charge in [0, 0.05) is 17.6 Å². The van der Waals surface area contributed by atoms with Crippen molar-refractivity contribution in [2.24, 2.45) is 5.92 Å². The number of carbonyl (C=O) groups is 1. The van der Waals surface area contributed by atoms with Crippen molar-refractivity contribution in [3.05, 3.63) is 28.7 Å². The van der Waals surface area contributed by atoms with Crippen LogP contribution in [-0.4, -0.2) is 44.1 Å². The Hall–Kier alpha value is -0.780. The topological polar surface area (TPSA) is 41.6 Å². The maximum atomic E-state index is 12.2. The third-order valence-corrected chi connectivity index (χ3v) is 4.02. The van der Waals surface area contributed by atoms with Gasteiger partial charge in [-0.05, 0) is 50.6 Å². The predicted octanol–water partition coefficient (Wildman–Crippen LogP) is 2.71. The number of carbonyl (C=O) groups excluding carboxylic acids is 1. The third-order valence-electron chi connectivity index (χ3n) is 3.52. The lowest BCUT2D eigenvalue weighted by atomic mass is 9.98. The van der Waals surface area contributed by atoms with Crippen LogP contribution in [0.3, 0.4) is 0 Å². The molecule has 0 spiro atoms. The van der Waals surface area contributed by atoms with Gasteiger partial charge in [-0.15, -0.1) is 12.4 Å². The molecular weight excluding hydrogens is 356 g/mol. The van der Waals surface area contributed by atoms with Crippen molar-refractivity contribution in [3.8, 4) is 5.75 Å². The lowest BCUT2D eigenvalue weighted by molar-refractivity contribution is -0.135. The fourth-order valence-corrected chi connectivity index (χ4v) is 2.92. The highest BCUT2D eigenvalue weighted by Crippen LogP contribution is 2.19. The Morgan fingerprint density at radius 1 is 1.52 bits per heavy atom. The van der Waals surface area contributed by atoms with E-state index in [1.54, 1.807) is 0 Å². The number of likely N-dealkylation sites (tertiary alicyclic amines) is 1. The molecule has 0 saturated carbocycles. The normalized spacial score (nSPS) is 18.0. The molecule has 0 radical (unpaired) electrons. The summed E-state index contributed by atoms with van der Waals surface area (Å²) in [5, 5.41) is 3.19. The van der Waals surface area contributed by atoms with Gasteiger partial charge >= 0.3 is 0 Å². The van der Waals surface area contributed by atoms with Crippen LogP contribution in [-0.2, 0) is 4.79 Å². The minimum atomic E-state index is 0. The van der Waals surface area contributed by atoms with Crippen LogP contribution < -0.4 is 10.1 Å². The predicted molar refractivity (Wildman–Crippen MR) is 90.1 cm³/mol. The fraction of sp³-hybridized carbons (Fsp3) is 0.533. The summed E-state index contributed by atoms with van der Waals surface area (Å²) in [5.74, 6) is 1.35. The van der Waals surface area contributed by atoms with Crippen LogP contribution in [0.2, 0.25) is 0 Å². The lowest BCUT2D eigenvalue weighted by Gasteiger charge is -2.32. The van der Waals surface area contributed by atoms with Crippen LogP contribution in [0.15, 0.2) is 28.7 Å². The number of hydrogen-bond donors (Lipinski definition) is 1. The number of benzene rings is 1. The maximum Gasteiger partial charge on any atom is 0.260 e. The summed E-state index contributed by atoms with van der Waals surface area (Å²) in [6, 6.07) is 7.56. The van der Waals surface area contributed by atoms with Crippen molar-refractivity contribution in [1.82, 2.24) is 10.2 Å². The number of nitrogens with one attached hydrogen (secondary N) is 1. The first kappa shape index (κ1) is 18.3. The van der Waals surface area contributed by atoms with Crippen molar-refractivity contribution in [2.45, 2.75) is 12.8 Å². The highest BCUT2D eigenvalue weighted by atomic mass is 79.9. The SMILES string of the molecule is CNCC1CCCN(C(=O)COc2cccc(Br)c2)C1.Cl. The van der Waals surface area contributed by atoms with Crippen LogP contribution in [0.4, 0.5) is 0 Å². The van der Waals surface area contributed by atoms with Crippen LogP contribution in [0.5, 0.6) is 5.75 Å². The number of nitrogens with zero attached hydrogens (tertiary/aromatic N) is 1. The summed E-state index contributed by atoms with van der Waals surface area (Å²) in [6.07, 6.45) is 2.27. The average Bonchev–Trinajstić information content (AvgIpc) is 2.45. The van der Waals surface area contributed by atoms with E-state index in [0.717, 1.165) is 36.3 Å². The Morgan fingerprint density at radius 3 is 3.05 bits per heavy atom. The molecule has 1 amide bonds. The molecule has 1 fully saturated rings. The molecule has 1 saturated heterocycles. The van der Waals surface area contributed by atoms with E-state index < -0.39 is 0 Å². The van der Waals surface area contributed by atoms with Crippen LogP contribution >= 0.6 is 28.3 Å². The fourth-order valence-electron chi connectivity index (χ4n) is 2.54.